The van der Waals surface area contributed by atoms with Crippen LogP contribution in [-0.2, 0) is 19.1 Å². The number of Topliss-reactive ketones (excluding diaryl/α,β-unsaturated/α-hetero) is 1. The fourth-order valence-corrected chi connectivity index (χ4v) is 3.40. The van der Waals surface area contributed by atoms with Crippen molar-refractivity contribution in [3.8, 4) is 5.75 Å². The number of esters is 1. The minimum atomic E-state index is -0.442. The lowest BCUT2D eigenvalue weighted by molar-refractivity contribution is -0.143. The van der Waals surface area contributed by atoms with Crippen molar-refractivity contribution in [3.05, 3.63) is 59.7 Å². The summed E-state index contributed by atoms with van der Waals surface area (Å²) in [6.45, 7) is 3.43. The number of nitrogens with zero attached hydrogens (tertiary/aromatic N) is 1. The second kappa shape index (κ2) is 10.6. The van der Waals surface area contributed by atoms with Gasteiger partial charge in [0, 0.05) is 12.0 Å². The highest BCUT2D eigenvalue weighted by Gasteiger charge is 2.28. The Hall–Kier alpha value is -3.68. The number of nitrogens with one attached hydrogen (secondary N) is 1. The Kier molecular flexibility index (Phi) is 7.59. The van der Waals surface area contributed by atoms with E-state index in [0.717, 1.165) is 5.56 Å². The Bertz CT molecular complexity index is 1000. The molecule has 1 unspecified atom stereocenters. The molecule has 2 aromatic carbocycles. The van der Waals surface area contributed by atoms with Gasteiger partial charge in [0.05, 0.1) is 24.8 Å². The zero-order valence-corrected chi connectivity index (χ0v) is 18.1. The van der Waals surface area contributed by atoms with Gasteiger partial charge in [0.25, 0.3) is 5.91 Å². The van der Waals surface area contributed by atoms with Crippen molar-refractivity contribution < 1.29 is 28.7 Å². The monoisotopic (exact) mass is 438 g/mol. The van der Waals surface area contributed by atoms with Gasteiger partial charge in [-0.1, -0.05) is 30.3 Å². The molecule has 0 saturated carbocycles. The standard InChI is InChI=1S/C24H26N2O6/c1-3-31-24(30)12-10-20(27)18-9-11-21-19(13-18)26(23(29)15-32-21)14-22(28)25-16(2)17-7-5-4-6-8-17/h4-9,11,13,16H,3,10,12,14-15H2,1-2H3,(H,25,28). The van der Waals surface area contributed by atoms with Crippen LogP contribution in [0.5, 0.6) is 5.75 Å². The van der Waals surface area contributed by atoms with Crippen LogP contribution in [0.4, 0.5) is 5.69 Å². The van der Waals surface area contributed by atoms with E-state index in [2.05, 4.69) is 5.32 Å². The molecule has 8 heteroatoms. The molecule has 2 aromatic rings. The maximum Gasteiger partial charge on any atom is 0.306 e. The summed E-state index contributed by atoms with van der Waals surface area (Å²) in [6.07, 6.45) is -0.0375. The van der Waals surface area contributed by atoms with Gasteiger partial charge in [-0.15, -0.1) is 0 Å². The van der Waals surface area contributed by atoms with E-state index in [1.54, 1.807) is 19.1 Å². The van der Waals surface area contributed by atoms with Crippen molar-refractivity contribution in [1.82, 2.24) is 5.32 Å². The van der Waals surface area contributed by atoms with Gasteiger partial charge in [-0.25, -0.2) is 0 Å². The first-order valence-electron chi connectivity index (χ1n) is 10.5. The Morgan fingerprint density at radius 3 is 2.59 bits per heavy atom. The lowest BCUT2D eigenvalue weighted by Gasteiger charge is -2.29. The van der Waals surface area contributed by atoms with Crippen LogP contribution in [0.2, 0.25) is 0 Å². The fraction of sp³-hybridized carbons (Fsp3) is 0.333. The number of carbonyl (C=O) groups excluding carboxylic acids is 4. The summed E-state index contributed by atoms with van der Waals surface area (Å²) in [6, 6.07) is 14.0. The Labute approximate surface area is 186 Å². The number of ether oxygens (including phenoxy) is 2. The second-order valence-electron chi connectivity index (χ2n) is 7.38. The maximum atomic E-state index is 12.6. The predicted octanol–water partition coefficient (Wildman–Crippen LogP) is 2.82. The highest BCUT2D eigenvalue weighted by atomic mass is 16.5. The third-order valence-electron chi connectivity index (χ3n) is 5.06. The molecule has 168 valence electrons. The zero-order valence-electron chi connectivity index (χ0n) is 18.1. The van der Waals surface area contributed by atoms with Gasteiger partial charge < -0.3 is 14.8 Å². The molecule has 32 heavy (non-hydrogen) atoms. The minimum Gasteiger partial charge on any atom is -0.482 e. The fourth-order valence-electron chi connectivity index (χ4n) is 3.40. The third kappa shape index (κ3) is 5.72. The van der Waals surface area contributed by atoms with E-state index in [4.69, 9.17) is 9.47 Å². The first kappa shape index (κ1) is 23.0. The smallest absolute Gasteiger partial charge is 0.306 e. The van der Waals surface area contributed by atoms with Crippen molar-refractivity contribution in [2.24, 2.45) is 0 Å². The number of ketones is 1. The summed E-state index contributed by atoms with van der Waals surface area (Å²) < 4.78 is 10.3. The number of rotatable bonds is 9. The number of anilines is 1. The summed E-state index contributed by atoms with van der Waals surface area (Å²) in [5, 5.41) is 2.88. The van der Waals surface area contributed by atoms with Crippen molar-refractivity contribution in [2.45, 2.75) is 32.7 Å². The van der Waals surface area contributed by atoms with E-state index in [9.17, 15) is 19.2 Å². The Morgan fingerprint density at radius 1 is 1.12 bits per heavy atom. The van der Waals surface area contributed by atoms with Gasteiger partial charge >= 0.3 is 5.97 Å². The molecule has 1 atom stereocenters. The van der Waals surface area contributed by atoms with Crippen LogP contribution in [0.15, 0.2) is 48.5 Å². The summed E-state index contributed by atoms with van der Waals surface area (Å²) >= 11 is 0. The normalized spacial score (nSPS) is 13.6. The van der Waals surface area contributed by atoms with Crippen LogP contribution in [0.1, 0.15) is 48.7 Å². The van der Waals surface area contributed by atoms with E-state index < -0.39 is 5.97 Å². The number of fused-ring (bicyclic) bond motifs is 1. The lowest BCUT2D eigenvalue weighted by atomic mass is 10.0. The van der Waals surface area contributed by atoms with Crippen molar-refractivity contribution in [1.29, 1.82) is 0 Å². The molecule has 1 aliphatic rings. The number of hydrogen-bond acceptors (Lipinski definition) is 6. The molecule has 0 saturated heterocycles. The van der Waals surface area contributed by atoms with Gasteiger partial charge in [0.15, 0.2) is 12.4 Å². The van der Waals surface area contributed by atoms with E-state index in [1.807, 2.05) is 37.3 Å². The lowest BCUT2D eigenvalue weighted by Crippen LogP contribution is -2.45. The molecule has 0 aromatic heterocycles. The van der Waals surface area contributed by atoms with Crippen LogP contribution in [0.3, 0.4) is 0 Å². The van der Waals surface area contributed by atoms with Crippen LogP contribution in [0.25, 0.3) is 0 Å². The minimum absolute atomic E-state index is 0.0124. The van der Waals surface area contributed by atoms with E-state index in [0.29, 0.717) is 17.0 Å². The number of benzene rings is 2. The van der Waals surface area contributed by atoms with Crippen molar-refractivity contribution in [2.75, 3.05) is 24.7 Å². The van der Waals surface area contributed by atoms with Gasteiger partial charge in [0.2, 0.25) is 5.91 Å². The summed E-state index contributed by atoms with van der Waals surface area (Å²) in [4.78, 5) is 50.5. The van der Waals surface area contributed by atoms with Crippen molar-refractivity contribution >= 4 is 29.3 Å². The van der Waals surface area contributed by atoms with Crippen molar-refractivity contribution in [3.63, 3.8) is 0 Å². The van der Waals surface area contributed by atoms with E-state index in [1.165, 1.54) is 11.0 Å². The Morgan fingerprint density at radius 2 is 1.88 bits per heavy atom. The van der Waals surface area contributed by atoms with E-state index in [-0.39, 0.29) is 56.2 Å². The number of carbonyl (C=O) groups is 4. The maximum absolute atomic E-state index is 12.6. The molecule has 0 aliphatic carbocycles. The molecule has 0 radical (unpaired) electrons. The first-order chi connectivity index (χ1) is 15.4. The molecule has 1 aliphatic heterocycles. The molecule has 0 spiro atoms. The SMILES string of the molecule is CCOC(=O)CCC(=O)c1ccc2c(c1)N(CC(=O)NC(C)c1ccccc1)C(=O)CO2. The average molecular weight is 438 g/mol. The molecular weight excluding hydrogens is 412 g/mol. The number of hydrogen-bond donors (Lipinski definition) is 1. The zero-order chi connectivity index (χ0) is 23.1. The summed E-state index contributed by atoms with van der Waals surface area (Å²) in [5.74, 6) is -1.00. The van der Waals surface area contributed by atoms with Crippen LogP contribution < -0.4 is 15.0 Å². The highest BCUT2D eigenvalue weighted by molar-refractivity contribution is 6.04. The third-order valence-corrected chi connectivity index (χ3v) is 5.06. The molecule has 2 amide bonds. The van der Waals surface area contributed by atoms with Crippen LogP contribution in [0, 0.1) is 0 Å². The second-order valence-corrected chi connectivity index (χ2v) is 7.38. The predicted molar refractivity (Wildman–Crippen MR) is 117 cm³/mol. The first-order valence-corrected chi connectivity index (χ1v) is 10.5. The largest absolute Gasteiger partial charge is 0.482 e. The highest BCUT2D eigenvalue weighted by Crippen LogP contribution is 2.33. The molecule has 1 N–H and O–H groups in total. The molecule has 0 fully saturated rings. The summed E-state index contributed by atoms with van der Waals surface area (Å²) in [7, 11) is 0. The quantitative estimate of drug-likeness (QED) is 0.477. The van der Waals surface area contributed by atoms with Gasteiger partial charge in [-0.05, 0) is 37.6 Å². The number of amides is 2. The molecule has 3 rings (SSSR count). The topological polar surface area (TPSA) is 102 Å². The Balaban J connectivity index is 1.71. The summed E-state index contributed by atoms with van der Waals surface area (Å²) in [5.41, 5.74) is 1.63. The average Bonchev–Trinajstić information content (AvgIpc) is 2.79. The van der Waals surface area contributed by atoms with E-state index >= 15 is 0 Å². The van der Waals surface area contributed by atoms with Gasteiger partial charge in [-0.2, -0.15) is 0 Å². The van der Waals surface area contributed by atoms with Gasteiger partial charge in [-0.3, -0.25) is 24.1 Å². The molecular formula is C24H26N2O6. The van der Waals surface area contributed by atoms with Crippen LogP contribution >= 0.6 is 0 Å². The molecule has 1 heterocycles. The van der Waals surface area contributed by atoms with Crippen LogP contribution in [-0.4, -0.2) is 43.3 Å². The molecule has 0 bridgehead atoms. The molecule has 8 nitrogen and oxygen atoms in total. The van der Waals surface area contributed by atoms with Gasteiger partial charge in [0.1, 0.15) is 12.3 Å².